The molecule has 1 aromatic heterocycles. The third-order valence-corrected chi connectivity index (χ3v) is 4.82. The summed E-state index contributed by atoms with van der Waals surface area (Å²) in [6, 6.07) is 10.3. The van der Waals surface area contributed by atoms with Crippen LogP contribution in [0, 0.1) is 0 Å². The molecule has 122 valence electrons. The second-order valence-electron chi connectivity index (χ2n) is 5.39. The fourth-order valence-corrected chi connectivity index (χ4v) is 3.36. The van der Waals surface area contributed by atoms with Gasteiger partial charge in [0.1, 0.15) is 16.5 Å². The summed E-state index contributed by atoms with van der Waals surface area (Å²) in [5.74, 6) is 2.58. The third kappa shape index (κ3) is 3.22. The van der Waals surface area contributed by atoms with Gasteiger partial charge in [-0.25, -0.2) is 0 Å². The lowest BCUT2D eigenvalue weighted by atomic mass is 10.0. The largest absolute Gasteiger partial charge is 0.497 e. The molecule has 6 heteroatoms. The maximum atomic E-state index is 5.57. The summed E-state index contributed by atoms with van der Waals surface area (Å²) < 4.78 is 10.9. The Hall–Kier alpha value is -1.95. The Bertz CT molecular complexity index is 663. The zero-order chi connectivity index (χ0) is 16.2. The molecule has 0 aliphatic carbocycles. The van der Waals surface area contributed by atoms with Gasteiger partial charge >= 0.3 is 0 Å². The van der Waals surface area contributed by atoms with Crippen LogP contribution in [0.4, 0.5) is 5.82 Å². The van der Waals surface area contributed by atoms with Crippen LogP contribution in [0.3, 0.4) is 0 Å². The molecule has 0 saturated carbocycles. The molecule has 0 spiro atoms. The van der Waals surface area contributed by atoms with Crippen LogP contribution < -0.4 is 14.4 Å². The van der Waals surface area contributed by atoms with E-state index in [9.17, 15) is 0 Å². The average molecular weight is 331 g/mol. The summed E-state index contributed by atoms with van der Waals surface area (Å²) >= 11 is 1.60. The molecule has 3 rings (SSSR count). The van der Waals surface area contributed by atoms with Gasteiger partial charge in [0.2, 0.25) is 0 Å². The number of ether oxygens (including phenoxy) is 2. The van der Waals surface area contributed by atoms with Crippen molar-refractivity contribution in [3.63, 3.8) is 0 Å². The van der Waals surface area contributed by atoms with Crippen LogP contribution in [-0.2, 0) is 0 Å². The van der Waals surface area contributed by atoms with Crippen molar-refractivity contribution in [2.24, 2.45) is 0 Å². The molecular formula is C17H21N3O2S. The molecule has 0 N–H and O–H groups in total. The number of aromatic nitrogens is 2. The summed E-state index contributed by atoms with van der Waals surface area (Å²) in [7, 11) is 3.36. The standard InChI is InChI=1S/C17H21N3O2S/c1-21-12-6-7-13(15(11-12)22-2)14-5-4-10-20(14)16-8-9-17(23-3)19-18-16/h6-9,11,14H,4-5,10H2,1-3H3. The molecule has 23 heavy (non-hydrogen) atoms. The molecule has 5 nitrogen and oxygen atoms in total. The lowest BCUT2D eigenvalue weighted by molar-refractivity contribution is 0.388. The monoisotopic (exact) mass is 331 g/mol. The van der Waals surface area contributed by atoms with Crippen molar-refractivity contribution in [3.8, 4) is 11.5 Å². The number of nitrogens with zero attached hydrogens (tertiary/aromatic N) is 3. The zero-order valence-electron chi connectivity index (χ0n) is 13.7. The predicted molar refractivity (Wildman–Crippen MR) is 92.7 cm³/mol. The smallest absolute Gasteiger partial charge is 0.151 e. The van der Waals surface area contributed by atoms with Crippen molar-refractivity contribution >= 4 is 17.6 Å². The molecule has 1 aliphatic heterocycles. The molecule has 1 atom stereocenters. The van der Waals surface area contributed by atoms with E-state index < -0.39 is 0 Å². The maximum Gasteiger partial charge on any atom is 0.151 e. The highest BCUT2D eigenvalue weighted by Crippen LogP contribution is 2.40. The zero-order valence-corrected chi connectivity index (χ0v) is 14.5. The lowest BCUT2D eigenvalue weighted by Gasteiger charge is -2.27. The van der Waals surface area contributed by atoms with E-state index in [0.29, 0.717) is 0 Å². The highest BCUT2D eigenvalue weighted by Gasteiger charge is 2.29. The molecule has 1 aromatic carbocycles. The Morgan fingerprint density at radius 1 is 1.13 bits per heavy atom. The van der Waals surface area contributed by atoms with Gasteiger partial charge in [-0.1, -0.05) is 0 Å². The van der Waals surface area contributed by atoms with Gasteiger partial charge in [0.15, 0.2) is 5.82 Å². The average Bonchev–Trinajstić information content (AvgIpc) is 3.10. The molecule has 1 unspecified atom stereocenters. The minimum atomic E-state index is 0.255. The summed E-state index contributed by atoms with van der Waals surface area (Å²) in [5.41, 5.74) is 1.17. The van der Waals surface area contributed by atoms with Crippen LogP contribution in [0.2, 0.25) is 0 Å². The molecular weight excluding hydrogens is 310 g/mol. The number of anilines is 1. The van der Waals surface area contributed by atoms with E-state index in [1.165, 1.54) is 5.56 Å². The lowest BCUT2D eigenvalue weighted by Crippen LogP contribution is -2.24. The summed E-state index contributed by atoms with van der Waals surface area (Å²) in [4.78, 5) is 2.31. The Balaban J connectivity index is 1.91. The van der Waals surface area contributed by atoms with Gasteiger partial charge in [0, 0.05) is 18.2 Å². The van der Waals surface area contributed by atoms with E-state index in [0.717, 1.165) is 41.7 Å². The summed E-state index contributed by atoms with van der Waals surface area (Å²) in [6.45, 7) is 0.979. The van der Waals surface area contributed by atoms with Crippen molar-refractivity contribution in [2.75, 3.05) is 31.9 Å². The van der Waals surface area contributed by atoms with Crippen molar-refractivity contribution in [1.29, 1.82) is 0 Å². The molecule has 1 saturated heterocycles. The first-order chi connectivity index (χ1) is 11.3. The molecule has 0 bridgehead atoms. The Kier molecular flexibility index (Phi) is 4.91. The van der Waals surface area contributed by atoms with Crippen LogP contribution in [0.1, 0.15) is 24.4 Å². The van der Waals surface area contributed by atoms with Crippen LogP contribution in [0.15, 0.2) is 35.4 Å². The van der Waals surface area contributed by atoms with Crippen molar-refractivity contribution in [1.82, 2.24) is 10.2 Å². The fraction of sp³-hybridized carbons (Fsp3) is 0.412. The second kappa shape index (κ2) is 7.08. The van der Waals surface area contributed by atoms with E-state index in [-0.39, 0.29) is 6.04 Å². The second-order valence-corrected chi connectivity index (χ2v) is 6.22. The van der Waals surface area contributed by atoms with E-state index in [4.69, 9.17) is 9.47 Å². The quantitative estimate of drug-likeness (QED) is 0.781. The predicted octanol–water partition coefficient (Wildman–Crippen LogP) is 3.56. The number of hydrogen-bond donors (Lipinski definition) is 0. The van der Waals surface area contributed by atoms with Gasteiger partial charge in [-0.15, -0.1) is 22.0 Å². The molecule has 1 fully saturated rings. The van der Waals surface area contributed by atoms with E-state index in [2.05, 4.69) is 21.2 Å². The van der Waals surface area contributed by atoms with Gasteiger partial charge in [-0.05, 0) is 43.4 Å². The van der Waals surface area contributed by atoms with Gasteiger partial charge < -0.3 is 14.4 Å². The van der Waals surface area contributed by atoms with Crippen molar-refractivity contribution < 1.29 is 9.47 Å². The first-order valence-electron chi connectivity index (χ1n) is 7.63. The number of benzene rings is 1. The van der Waals surface area contributed by atoms with Crippen LogP contribution in [0.5, 0.6) is 11.5 Å². The molecule has 0 amide bonds. The highest BCUT2D eigenvalue weighted by atomic mass is 32.2. The maximum absolute atomic E-state index is 5.57. The molecule has 0 radical (unpaired) electrons. The first kappa shape index (κ1) is 15.9. The van der Waals surface area contributed by atoms with Gasteiger partial charge in [0.05, 0.1) is 20.3 Å². The highest BCUT2D eigenvalue weighted by molar-refractivity contribution is 7.98. The minimum Gasteiger partial charge on any atom is -0.497 e. The summed E-state index contributed by atoms with van der Waals surface area (Å²) in [6.07, 6.45) is 4.21. The minimum absolute atomic E-state index is 0.255. The Morgan fingerprint density at radius 2 is 2.00 bits per heavy atom. The summed E-state index contributed by atoms with van der Waals surface area (Å²) in [5, 5.41) is 9.58. The van der Waals surface area contributed by atoms with E-state index >= 15 is 0 Å². The van der Waals surface area contributed by atoms with Crippen LogP contribution in [-0.4, -0.2) is 37.2 Å². The molecule has 1 aliphatic rings. The molecule has 2 heterocycles. The van der Waals surface area contributed by atoms with Crippen LogP contribution >= 0.6 is 11.8 Å². The normalized spacial score (nSPS) is 17.3. The third-order valence-electron chi connectivity index (χ3n) is 4.18. The van der Waals surface area contributed by atoms with Crippen molar-refractivity contribution in [3.05, 3.63) is 35.9 Å². The van der Waals surface area contributed by atoms with Gasteiger partial charge in [-0.3, -0.25) is 0 Å². The fourth-order valence-electron chi connectivity index (χ4n) is 3.03. The number of methoxy groups -OCH3 is 2. The van der Waals surface area contributed by atoms with Crippen LogP contribution in [0.25, 0.3) is 0 Å². The van der Waals surface area contributed by atoms with E-state index in [1.807, 2.05) is 30.5 Å². The first-order valence-corrected chi connectivity index (χ1v) is 8.85. The molecule has 2 aromatic rings. The van der Waals surface area contributed by atoms with Gasteiger partial charge in [0.25, 0.3) is 0 Å². The topological polar surface area (TPSA) is 47.5 Å². The van der Waals surface area contributed by atoms with E-state index in [1.54, 1.807) is 26.0 Å². The van der Waals surface area contributed by atoms with Crippen molar-refractivity contribution in [2.45, 2.75) is 23.9 Å². The number of thioether (sulfide) groups is 1. The number of hydrogen-bond acceptors (Lipinski definition) is 6. The van der Waals surface area contributed by atoms with Gasteiger partial charge in [-0.2, -0.15) is 0 Å². The number of rotatable bonds is 5. The Labute approximate surface area is 141 Å². The SMILES string of the molecule is COc1ccc(C2CCCN2c2ccc(SC)nn2)c(OC)c1. The Morgan fingerprint density at radius 3 is 2.65 bits per heavy atom.